The zero-order valence-electron chi connectivity index (χ0n) is 23.2. The third-order valence-electron chi connectivity index (χ3n) is 6.09. The Balaban J connectivity index is 0.000000206. The van der Waals surface area contributed by atoms with E-state index in [0.29, 0.717) is 0 Å². The number of hydrogen-bond acceptors (Lipinski definition) is 1. The molecule has 0 bridgehead atoms. The van der Waals surface area contributed by atoms with Crippen molar-refractivity contribution in [2.24, 2.45) is 0 Å². The molecule has 0 saturated heterocycles. The number of carbonyl (C=O) groups excluding carboxylic acids is 1. The summed E-state index contributed by atoms with van der Waals surface area (Å²) in [6.07, 6.45) is 0. The van der Waals surface area contributed by atoms with Crippen LogP contribution in [0.3, 0.4) is 0 Å². The third-order valence-corrected chi connectivity index (χ3v) is 11.0. The molecule has 6 aromatic rings. The van der Waals surface area contributed by atoms with Crippen LogP contribution in [0.1, 0.15) is 0 Å². The standard InChI is InChI=1S/2C18H15P.CCl2O.Rh/c2*1-4-10-16(11-5-1)19(17-12-6-2-7-13-17)18-14-8-3-9-15-18;2-1(3)4;/h2*1-15H;;. The van der Waals surface area contributed by atoms with Gasteiger partial charge in [0.2, 0.25) is 0 Å². The zero-order chi connectivity index (χ0) is 29.4. The van der Waals surface area contributed by atoms with Gasteiger partial charge in [-0.05, 0) is 70.9 Å². The van der Waals surface area contributed by atoms with Crippen molar-refractivity contribution in [3.05, 3.63) is 182 Å². The van der Waals surface area contributed by atoms with Gasteiger partial charge in [-0.25, -0.2) is 0 Å². The molecule has 6 rings (SSSR count). The molecule has 1 nitrogen and oxygen atoms in total. The molecular formula is C37H30Cl2OP2Rh. The maximum Gasteiger partial charge on any atom is 0.313 e. The van der Waals surface area contributed by atoms with Gasteiger partial charge in [0.05, 0.1) is 0 Å². The third kappa shape index (κ3) is 11.2. The predicted octanol–water partition coefficient (Wildman–Crippen LogP) is 8.47. The Bertz CT molecular complexity index is 1280. The predicted molar refractivity (Wildman–Crippen MR) is 187 cm³/mol. The Morgan fingerprint density at radius 2 is 0.442 bits per heavy atom. The van der Waals surface area contributed by atoms with E-state index in [1.165, 1.54) is 31.8 Å². The van der Waals surface area contributed by atoms with Gasteiger partial charge in [0.15, 0.2) is 0 Å². The topological polar surface area (TPSA) is 17.1 Å². The molecule has 0 aliphatic carbocycles. The first-order valence-corrected chi connectivity index (χ1v) is 16.8. The van der Waals surface area contributed by atoms with Crippen molar-refractivity contribution in [1.29, 1.82) is 0 Å². The second kappa shape index (κ2) is 19.4. The molecule has 6 aromatic carbocycles. The largest absolute Gasteiger partial charge is 0.313 e. The Morgan fingerprint density at radius 1 is 0.326 bits per heavy atom. The van der Waals surface area contributed by atoms with E-state index in [0.717, 1.165) is 0 Å². The number of benzene rings is 6. The average molecular weight is 726 g/mol. The smallest absolute Gasteiger partial charge is 0.262 e. The molecule has 0 aromatic heterocycles. The SMILES string of the molecule is O=C(Cl)Cl.[Rh].c1ccc(P(c2ccccc2)c2ccccc2)cc1.c1ccc(P(c2ccccc2)c2ccccc2)cc1. The van der Waals surface area contributed by atoms with Crippen molar-refractivity contribution in [3.8, 4) is 0 Å². The van der Waals surface area contributed by atoms with Crippen LogP contribution in [0.4, 0.5) is 4.79 Å². The van der Waals surface area contributed by atoms with Crippen molar-refractivity contribution in [3.63, 3.8) is 0 Å². The Labute approximate surface area is 280 Å². The molecule has 0 aliphatic rings. The van der Waals surface area contributed by atoms with Crippen molar-refractivity contribution in [2.45, 2.75) is 0 Å². The van der Waals surface area contributed by atoms with E-state index < -0.39 is 20.5 Å². The van der Waals surface area contributed by atoms with Crippen LogP contribution in [0.15, 0.2) is 182 Å². The van der Waals surface area contributed by atoms with Crippen LogP contribution in [0, 0.1) is 0 Å². The number of halogens is 2. The normalized spacial score (nSPS) is 9.95. The molecule has 217 valence electrons. The minimum atomic E-state index is -0.889. The summed E-state index contributed by atoms with van der Waals surface area (Å²) in [5.41, 5.74) is 0. The van der Waals surface area contributed by atoms with E-state index in [4.69, 9.17) is 4.79 Å². The van der Waals surface area contributed by atoms with Gasteiger partial charge in [-0.2, -0.15) is 0 Å². The molecule has 0 N–H and O–H groups in total. The quantitative estimate of drug-likeness (QED) is 0.0957. The first-order valence-electron chi connectivity index (χ1n) is 13.4. The summed E-state index contributed by atoms with van der Waals surface area (Å²) >= 11 is 8.80. The maximum atomic E-state index is 8.98. The summed E-state index contributed by atoms with van der Waals surface area (Å²) in [6, 6.07) is 64.7. The van der Waals surface area contributed by atoms with Crippen LogP contribution in [0.2, 0.25) is 0 Å². The Hall–Kier alpha value is -2.95. The molecule has 0 heterocycles. The van der Waals surface area contributed by atoms with Crippen molar-refractivity contribution < 1.29 is 24.3 Å². The minimum absolute atomic E-state index is 0. The van der Waals surface area contributed by atoms with Crippen molar-refractivity contribution in [1.82, 2.24) is 0 Å². The first kappa shape index (κ1) is 34.5. The van der Waals surface area contributed by atoms with Gasteiger partial charge < -0.3 is 0 Å². The molecule has 0 saturated carbocycles. The second-order valence-electron chi connectivity index (χ2n) is 8.91. The molecule has 0 atom stereocenters. The van der Waals surface area contributed by atoms with E-state index >= 15 is 0 Å². The van der Waals surface area contributed by atoms with Gasteiger partial charge in [-0.1, -0.05) is 182 Å². The van der Waals surface area contributed by atoms with Gasteiger partial charge in [0.25, 0.3) is 0 Å². The van der Waals surface area contributed by atoms with E-state index in [2.05, 4.69) is 205 Å². The van der Waals surface area contributed by atoms with Gasteiger partial charge in [-0.15, -0.1) is 0 Å². The fourth-order valence-electron chi connectivity index (χ4n) is 4.36. The van der Waals surface area contributed by atoms with Crippen LogP contribution in [-0.4, -0.2) is 4.70 Å². The Kier molecular flexibility index (Phi) is 15.5. The van der Waals surface area contributed by atoms with E-state index in [-0.39, 0.29) is 19.5 Å². The number of rotatable bonds is 6. The fourth-order valence-corrected chi connectivity index (χ4v) is 8.97. The van der Waals surface area contributed by atoms with Crippen molar-refractivity contribution in [2.75, 3.05) is 0 Å². The first-order chi connectivity index (χ1) is 20.6. The van der Waals surface area contributed by atoms with E-state index in [1.807, 2.05) is 0 Å². The molecule has 0 fully saturated rings. The van der Waals surface area contributed by atoms with Crippen LogP contribution >= 0.6 is 39.0 Å². The molecule has 1 radical (unpaired) electrons. The summed E-state index contributed by atoms with van der Waals surface area (Å²) in [5, 5.41) is 8.39. The molecule has 0 aliphatic heterocycles. The molecule has 0 spiro atoms. The summed E-state index contributed by atoms with van der Waals surface area (Å²) in [6.45, 7) is 0. The van der Waals surface area contributed by atoms with Gasteiger partial charge in [0.1, 0.15) is 0 Å². The second-order valence-corrected chi connectivity index (χ2v) is 14.2. The molecule has 0 amide bonds. The summed E-state index contributed by atoms with van der Waals surface area (Å²) in [7, 11) is -0.892. The van der Waals surface area contributed by atoms with Crippen LogP contribution in [0.25, 0.3) is 0 Å². The molecule has 6 heteroatoms. The van der Waals surface area contributed by atoms with Crippen LogP contribution in [-0.2, 0) is 19.5 Å². The monoisotopic (exact) mass is 725 g/mol. The summed E-state index contributed by atoms with van der Waals surface area (Å²) in [4.78, 5) is 8.98. The average Bonchev–Trinajstić information content (AvgIpc) is 3.05. The van der Waals surface area contributed by atoms with E-state index in [9.17, 15) is 0 Å². The van der Waals surface area contributed by atoms with Gasteiger partial charge in [-0.3, -0.25) is 4.79 Å². The summed E-state index contributed by atoms with van der Waals surface area (Å²) in [5.74, 6) is 0. The van der Waals surface area contributed by atoms with Gasteiger partial charge >= 0.3 is 4.70 Å². The number of hydrogen-bond donors (Lipinski definition) is 0. The minimum Gasteiger partial charge on any atom is -0.262 e. The maximum absolute atomic E-state index is 8.98. The molecule has 0 unspecified atom stereocenters. The van der Waals surface area contributed by atoms with Crippen molar-refractivity contribution >= 4 is 75.6 Å². The van der Waals surface area contributed by atoms with Crippen LogP contribution < -0.4 is 31.8 Å². The molecule has 43 heavy (non-hydrogen) atoms. The number of carbonyl (C=O) groups is 1. The van der Waals surface area contributed by atoms with Gasteiger partial charge in [0, 0.05) is 19.5 Å². The summed E-state index contributed by atoms with van der Waals surface area (Å²) < 4.78 is -0.889. The zero-order valence-corrected chi connectivity index (χ0v) is 28.2. The fraction of sp³-hybridized carbons (Fsp3) is 0. The Morgan fingerprint density at radius 3 is 0.558 bits per heavy atom. The molecular weight excluding hydrogens is 696 g/mol. The van der Waals surface area contributed by atoms with Crippen LogP contribution in [0.5, 0.6) is 0 Å². The van der Waals surface area contributed by atoms with E-state index in [1.54, 1.807) is 0 Å².